The molecule has 1 aromatic carbocycles. The molecule has 5 aromatic rings. The number of benzene rings is 1. The molecule has 4 heterocycles. The molecule has 41 heavy (non-hydrogen) atoms. The number of fused-ring (bicyclic) bond motifs is 2. The molecule has 4 aromatic heterocycles. The molecule has 0 aliphatic carbocycles. The van der Waals surface area contributed by atoms with E-state index in [1.54, 1.807) is 73.8 Å². The summed E-state index contributed by atoms with van der Waals surface area (Å²) in [4.78, 5) is 31.5. The summed E-state index contributed by atoms with van der Waals surface area (Å²) in [5.74, 6) is 5.34. The van der Waals surface area contributed by atoms with Gasteiger partial charge in [0.15, 0.2) is 11.4 Å². The van der Waals surface area contributed by atoms with E-state index in [-0.39, 0.29) is 23.7 Å². The van der Waals surface area contributed by atoms with Crippen LogP contribution in [0.4, 0.5) is 5.82 Å². The van der Waals surface area contributed by atoms with Crippen LogP contribution < -0.4 is 25.8 Å². The van der Waals surface area contributed by atoms with Gasteiger partial charge < -0.3 is 15.6 Å². The number of aromatic amines is 1. The Hall–Kier alpha value is -5.00. The van der Waals surface area contributed by atoms with E-state index in [0.29, 0.717) is 33.2 Å². The van der Waals surface area contributed by atoms with Gasteiger partial charge >= 0.3 is 5.65 Å². The molecule has 0 radical (unpaired) electrons. The molecule has 1 atom stereocenters. The molecule has 5 rings (SSSR count). The molecule has 14 heteroatoms. The minimum atomic E-state index is -3.64. The van der Waals surface area contributed by atoms with Gasteiger partial charge in [-0.05, 0) is 36.5 Å². The minimum Gasteiger partial charge on any atom is -0.382 e. The first-order chi connectivity index (χ1) is 19.6. The Kier molecular flexibility index (Phi) is 7.31. The number of nitrogens with two attached hydrogens (primary N) is 1. The summed E-state index contributed by atoms with van der Waals surface area (Å²) in [7, 11) is -0.545. The van der Waals surface area contributed by atoms with Gasteiger partial charge in [0.25, 0.3) is 11.5 Å². The highest BCUT2D eigenvalue weighted by Gasteiger charge is 2.27. The number of nitrogens with zero attached hydrogens (tertiary/aromatic N) is 5. The van der Waals surface area contributed by atoms with Crippen LogP contribution in [0.1, 0.15) is 40.1 Å². The van der Waals surface area contributed by atoms with Crippen molar-refractivity contribution in [3.05, 3.63) is 87.9 Å². The van der Waals surface area contributed by atoms with Gasteiger partial charge in [0, 0.05) is 37.1 Å². The van der Waals surface area contributed by atoms with Crippen LogP contribution in [0.15, 0.2) is 59.9 Å². The molecule has 0 bridgehead atoms. The highest BCUT2D eigenvalue weighted by Crippen LogP contribution is 2.22. The van der Waals surface area contributed by atoms with Crippen LogP contribution in [0.5, 0.6) is 0 Å². The van der Waals surface area contributed by atoms with Crippen LogP contribution in [0.2, 0.25) is 0 Å². The monoisotopic (exact) mass is 574 g/mol. The average Bonchev–Trinajstić information content (AvgIpc) is 3.52. The maximum absolute atomic E-state index is 14.0. The molecule has 210 valence electrons. The van der Waals surface area contributed by atoms with Crippen LogP contribution >= 0.6 is 0 Å². The van der Waals surface area contributed by atoms with Crippen molar-refractivity contribution < 1.29 is 17.7 Å². The van der Waals surface area contributed by atoms with Gasteiger partial charge in [-0.3, -0.25) is 14.3 Å². The second-order valence-electron chi connectivity index (χ2n) is 9.38. The molecule has 0 saturated heterocycles. The summed E-state index contributed by atoms with van der Waals surface area (Å²) in [6.07, 6.45) is 6.60. The van der Waals surface area contributed by atoms with Gasteiger partial charge in [0.2, 0.25) is 10.0 Å². The zero-order valence-corrected chi connectivity index (χ0v) is 23.4. The highest BCUT2D eigenvalue weighted by molar-refractivity contribution is 7.89. The van der Waals surface area contributed by atoms with E-state index in [0.717, 1.165) is 0 Å². The van der Waals surface area contributed by atoms with E-state index < -0.39 is 27.5 Å². The number of rotatable bonds is 7. The number of carbonyl (C=O) groups is 1. The Bertz CT molecular complexity index is 2030. The summed E-state index contributed by atoms with van der Waals surface area (Å²) in [6.45, 7) is 1.56. The fourth-order valence-corrected chi connectivity index (χ4v) is 5.20. The Labute approximate surface area is 235 Å². The Morgan fingerprint density at radius 3 is 2.80 bits per heavy atom. The molecule has 0 saturated carbocycles. The number of aromatic nitrogens is 6. The maximum Gasteiger partial charge on any atom is 0.362 e. The van der Waals surface area contributed by atoms with Crippen molar-refractivity contribution in [1.82, 2.24) is 34.5 Å². The lowest BCUT2D eigenvalue weighted by Gasteiger charge is -2.21. The van der Waals surface area contributed by atoms with Crippen LogP contribution in [0, 0.1) is 11.8 Å². The Morgan fingerprint density at radius 2 is 2.07 bits per heavy atom. The van der Waals surface area contributed by atoms with E-state index in [9.17, 15) is 18.0 Å². The van der Waals surface area contributed by atoms with Gasteiger partial charge in [0.05, 0.1) is 28.9 Å². The summed E-state index contributed by atoms with van der Waals surface area (Å²) in [5.41, 5.74) is 7.72. The third-order valence-corrected chi connectivity index (χ3v) is 7.95. The molecule has 0 fully saturated rings. The molecule has 0 aliphatic heterocycles. The molecular weight excluding hydrogens is 546 g/mol. The lowest BCUT2D eigenvalue weighted by molar-refractivity contribution is -0.577. The number of pyridine rings is 1. The fraction of sp³-hybridized carbons (Fsp3) is 0.222. The first-order valence-corrected chi connectivity index (χ1v) is 14.3. The van der Waals surface area contributed by atoms with Crippen LogP contribution in [0.3, 0.4) is 0 Å². The lowest BCUT2D eigenvalue weighted by Crippen LogP contribution is -2.35. The number of carbonyl (C=O) groups excluding carboxylic acids is 1. The topological polar surface area (TPSA) is 174 Å². The van der Waals surface area contributed by atoms with Crippen molar-refractivity contribution in [3.8, 4) is 11.8 Å². The highest BCUT2D eigenvalue weighted by atomic mass is 32.2. The first-order valence-electron chi connectivity index (χ1n) is 12.6. The SMILES string of the molecule is CNS(=O)(=O)CCn1c(C(C)NC(=O)c2c(N)[nH][n+]3cccnc23)cc2cccc(C#Cc3cnn(C)c3)c2c1=O. The summed E-state index contributed by atoms with van der Waals surface area (Å²) in [6, 6.07) is 8.03. The predicted octanol–water partition coefficient (Wildman–Crippen LogP) is 0.219. The number of aryl methyl sites for hydroxylation is 1. The predicted molar refractivity (Wildman–Crippen MR) is 152 cm³/mol. The molecular formula is C27H28N9O4S+. The van der Waals surface area contributed by atoms with Crippen LogP contribution in [0.25, 0.3) is 16.4 Å². The van der Waals surface area contributed by atoms with E-state index in [4.69, 9.17) is 5.73 Å². The van der Waals surface area contributed by atoms with Crippen molar-refractivity contribution in [2.75, 3.05) is 18.5 Å². The number of sulfonamides is 1. The minimum absolute atomic E-state index is 0.126. The number of anilines is 1. The number of H-pyrrole nitrogens is 1. The number of amides is 1. The van der Waals surface area contributed by atoms with Crippen molar-refractivity contribution in [1.29, 1.82) is 0 Å². The third-order valence-electron chi connectivity index (χ3n) is 6.61. The smallest absolute Gasteiger partial charge is 0.362 e. The van der Waals surface area contributed by atoms with Crippen molar-refractivity contribution in [3.63, 3.8) is 0 Å². The molecule has 0 spiro atoms. The molecule has 1 unspecified atom stereocenters. The van der Waals surface area contributed by atoms with Gasteiger partial charge in [-0.25, -0.2) is 18.2 Å². The van der Waals surface area contributed by atoms with Crippen molar-refractivity contribution >= 4 is 38.2 Å². The summed E-state index contributed by atoms with van der Waals surface area (Å²) < 4.78 is 31.4. The van der Waals surface area contributed by atoms with Gasteiger partial charge in [-0.2, -0.15) is 5.10 Å². The second-order valence-corrected chi connectivity index (χ2v) is 11.4. The lowest BCUT2D eigenvalue weighted by atomic mass is 10.0. The first kappa shape index (κ1) is 27.6. The maximum atomic E-state index is 14.0. The second kappa shape index (κ2) is 10.9. The molecule has 5 N–H and O–H groups in total. The van der Waals surface area contributed by atoms with E-state index in [1.165, 1.54) is 16.1 Å². The van der Waals surface area contributed by atoms with E-state index >= 15 is 0 Å². The Morgan fingerprint density at radius 1 is 1.27 bits per heavy atom. The van der Waals surface area contributed by atoms with Gasteiger partial charge in [-0.1, -0.05) is 24.0 Å². The molecule has 0 aliphatic rings. The normalized spacial score (nSPS) is 12.3. The van der Waals surface area contributed by atoms with Gasteiger partial charge in [-0.15, -0.1) is 4.52 Å². The number of nitrogen functional groups attached to an aromatic ring is 1. The number of hydrogen-bond donors (Lipinski definition) is 4. The van der Waals surface area contributed by atoms with Crippen molar-refractivity contribution in [2.24, 2.45) is 7.05 Å². The zero-order chi connectivity index (χ0) is 29.3. The van der Waals surface area contributed by atoms with E-state index in [1.807, 2.05) is 0 Å². The summed E-state index contributed by atoms with van der Waals surface area (Å²) in [5, 5.41) is 10.8. The summed E-state index contributed by atoms with van der Waals surface area (Å²) >= 11 is 0. The number of hydrogen-bond acceptors (Lipinski definition) is 7. The van der Waals surface area contributed by atoms with Crippen LogP contribution in [-0.2, 0) is 23.6 Å². The third kappa shape index (κ3) is 5.53. The van der Waals surface area contributed by atoms with E-state index in [2.05, 4.69) is 37.1 Å². The number of nitrogens with one attached hydrogen (secondary N) is 3. The van der Waals surface area contributed by atoms with Crippen LogP contribution in [-0.4, -0.2) is 51.6 Å². The largest absolute Gasteiger partial charge is 0.382 e. The quantitative estimate of drug-likeness (QED) is 0.159. The molecule has 1 amide bonds. The molecule has 13 nitrogen and oxygen atoms in total. The van der Waals surface area contributed by atoms with Gasteiger partial charge in [0.1, 0.15) is 12.4 Å². The fourth-order valence-electron chi connectivity index (χ4n) is 4.57. The van der Waals surface area contributed by atoms with Crippen molar-refractivity contribution in [2.45, 2.75) is 19.5 Å². The zero-order valence-electron chi connectivity index (χ0n) is 22.5. The average molecular weight is 575 g/mol. The standard InChI is InChI=1S/C27H27N9O4S/c1-17(32-26(37)23-24(28)33-36-11-5-10-30-25(23)36)21-14-20-7-4-6-19(9-8-18-15-31-34(3)16-18)22(20)27(38)35(21)12-13-41(39,40)29-2/h4-7,10-11,14-17,29H,12-13H2,1-3H3,(H3,28,32,33,37)/p+1. The Balaban J connectivity index is 1.59.